The van der Waals surface area contributed by atoms with Gasteiger partial charge in [0.1, 0.15) is 11.6 Å². The van der Waals surface area contributed by atoms with Crippen LogP contribution in [0.25, 0.3) is 0 Å². The first-order valence-electron chi connectivity index (χ1n) is 9.59. The van der Waals surface area contributed by atoms with E-state index in [0.717, 1.165) is 31.0 Å². The standard InChI is InChI=1S/C20H23FN6O/c1-2-27-18(13-25-12-9-22-14-25)23-24-19(27)15-7-10-26(11-8-15)20(28)16-5-3-4-6-17(16)21/h3-6,9,12,14-15H,2,7-8,10-11,13H2,1H3. The lowest BCUT2D eigenvalue weighted by Crippen LogP contribution is -2.38. The van der Waals surface area contributed by atoms with Crippen molar-refractivity contribution < 1.29 is 9.18 Å². The quantitative estimate of drug-likeness (QED) is 0.680. The molecule has 0 radical (unpaired) electrons. The Balaban J connectivity index is 1.44. The Labute approximate surface area is 162 Å². The number of piperidine rings is 1. The van der Waals surface area contributed by atoms with Crippen LogP contribution in [0, 0.1) is 5.82 Å². The van der Waals surface area contributed by atoms with E-state index in [1.165, 1.54) is 6.07 Å². The lowest BCUT2D eigenvalue weighted by molar-refractivity contribution is 0.0705. The van der Waals surface area contributed by atoms with Crippen LogP contribution in [-0.2, 0) is 13.1 Å². The van der Waals surface area contributed by atoms with Gasteiger partial charge < -0.3 is 14.0 Å². The summed E-state index contributed by atoms with van der Waals surface area (Å²) in [6.07, 6.45) is 7.00. The molecule has 7 nitrogen and oxygen atoms in total. The molecule has 146 valence electrons. The van der Waals surface area contributed by atoms with E-state index in [-0.39, 0.29) is 17.4 Å². The summed E-state index contributed by atoms with van der Waals surface area (Å²) in [5, 5.41) is 8.83. The predicted molar refractivity (Wildman–Crippen MR) is 101 cm³/mol. The predicted octanol–water partition coefficient (Wildman–Crippen LogP) is 2.70. The van der Waals surface area contributed by atoms with Crippen molar-refractivity contribution in [3.63, 3.8) is 0 Å². The Hall–Kier alpha value is -3.03. The van der Waals surface area contributed by atoms with E-state index in [4.69, 9.17) is 0 Å². The molecule has 28 heavy (non-hydrogen) atoms. The second kappa shape index (κ2) is 7.92. The SMILES string of the molecule is CCn1c(Cn2ccnc2)nnc1C1CCN(C(=O)c2ccccc2F)CC1. The van der Waals surface area contributed by atoms with Crippen molar-refractivity contribution in [1.29, 1.82) is 0 Å². The van der Waals surface area contributed by atoms with Gasteiger partial charge >= 0.3 is 0 Å². The molecule has 8 heteroatoms. The summed E-state index contributed by atoms with van der Waals surface area (Å²) in [5.74, 6) is 1.41. The number of imidazole rings is 1. The van der Waals surface area contributed by atoms with Crippen molar-refractivity contribution in [1.82, 2.24) is 29.2 Å². The Morgan fingerprint density at radius 3 is 2.68 bits per heavy atom. The van der Waals surface area contributed by atoms with Gasteiger partial charge in [-0.15, -0.1) is 10.2 Å². The molecule has 1 saturated heterocycles. The fraction of sp³-hybridized carbons (Fsp3) is 0.400. The van der Waals surface area contributed by atoms with Crippen molar-refractivity contribution in [2.75, 3.05) is 13.1 Å². The minimum atomic E-state index is -0.468. The van der Waals surface area contributed by atoms with Gasteiger partial charge in [-0.2, -0.15) is 0 Å². The number of carbonyl (C=O) groups is 1. The van der Waals surface area contributed by atoms with Crippen LogP contribution in [-0.4, -0.2) is 48.2 Å². The zero-order chi connectivity index (χ0) is 19.5. The molecule has 2 aromatic heterocycles. The van der Waals surface area contributed by atoms with Gasteiger partial charge in [0, 0.05) is 37.9 Å². The number of rotatable bonds is 5. The molecule has 3 aromatic rings. The van der Waals surface area contributed by atoms with Crippen LogP contribution in [0.15, 0.2) is 43.0 Å². The van der Waals surface area contributed by atoms with Gasteiger partial charge in [-0.25, -0.2) is 9.37 Å². The molecular weight excluding hydrogens is 359 g/mol. The average Bonchev–Trinajstić information content (AvgIpc) is 3.38. The maximum atomic E-state index is 13.9. The van der Waals surface area contributed by atoms with E-state index in [2.05, 4.69) is 26.7 Å². The number of hydrogen-bond acceptors (Lipinski definition) is 4. The van der Waals surface area contributed by atoms with Crippen LogP contribution in [0.4, 0.5) is 4.39 Å². The second-order valence-electron chi connectivity index (χ2n) is 7.00. The molecule has 1 aliphatic heterocycles. The highest BCUT2D eigenvalue weighted by Gasteiger charge is 2.29. The van der Waals surface area contributed by atoms with Crippen LogP contribution < -0.4 is 0 Å². The zero-order valence-electron chi connectivity index (χ0n) is 15.8. The highest BCUT2D eigenvalue weighted by Crippen LogP contribution is 2.28. The van der Waals surface area contributed by atoms with Gasteiger partial charge in [0.25, 0.3) is 5.91 Å². The molecule has 1 aliphatic rings. The number of halogens is 1. The summed E-state index contributed by atoms with van der Waals surface area (Å²) >= 11 is 0. The first kappa shape index (κ1) is 18.3. The third kappa shape index (κ3) is 3.54. The number of carbonyl (C=O) groups excluding carboxylic acids is 1. The molecule has 4 rings (SSSR count). The van der Waals surface area contributed by atoms with Crippen molar-refractivity contribution in [3.8, 4) is 0 Å². The lowest BCUT2D eigenvalue weighted by atomic mass is 9.95. The summed E-state index contributed by atoms with van der Waals surface area (Å²) in [6, 6.07) is 6.15. The molecule has 0 aliphatic carbocycles. The second-order valence-corrected chi connectivity index (χ2v) is 7.00. The van der Waals surface area contributed by atoms with Crippen molar-refractivity contribution in [2.45, 2.75) is 38.8 Å². The summed E-state index contributed by atoms with van der Waals surface area (Å²) in [7, 11) is 0. The number of nitrogens with zero attached hydrogens (tertiary/aromatic N) is 6. The molecule has 0 atom stereocenters. The highest BCUT2D eigenvalue weighted by atomic mass is 19.1. The number of benzene rings is 1. The van der Waals surface area contributed by atoms with E-state index < -0.39 is 5.82 Å². The number of amides is 1. The lowest BCUT2D eigenvalue weighted by Gasteiger charge is -2.31. The van der Waals surface area contributed by atoms with E-state index >= 15 is 0 Å². The molecule has 0 bridgehead atoms. The fourth-order valence-electron chi connectivity index (χ4n) is 3.80. The van der Waals surface area contributed by atoms with Crippen molar-refractivity contribution in [2.24, 2.45) is 0 Å². The Bertz CT molecular complexity index is 944. The van der Waals surface area contributed by atoms with E-state index in [0.29, 0.717) is 19.6 Å². The number of aromatic nitrogens is 5. The van der Waals surface area contributed by atoms with Crippen molar-refractivity contribution >= 4 is 5.91 Å². The summed E-state index contributed by atoms with van der Waals surface area (Å²) in [6.45, 7) is 4.68. The molecule has 1 amide bonds. The van der Waals surface area contributed by atoms with Gasteiger partial charge in [-0.1, -0.05) is 12.1 Å². The normalized spacial score (nSPS) is 15.1. The highest BCUT2D eigenvalue weighted by molar-refractivity contribution is 5.94. The fourth-order valence-corrected chi connectivity index (χ4v) is 3.80. The summed E-state index contributed by atoms with van der Waals surface area (Å²) in [4.78, 5) is 18.4. The average molecular weight is 382 g/mol. The molecule has 0 unspecified atom stereocenters. The molecule has 1 aromatic carbocycles. The van der Waals surface area contributed by atoms with E-state index in [1.54, 1.807) is 35.6 Å². The minimum absolute atomic E-state index is 0.139. The largest absolute Gasteiger partial charge is 0.339 e. The van der Waals surface area contributed by atoms with Crippen LogP contribution in [0.2, 0.25) is 0 Å². The first-order chi connectivity index (χ1) is 13.7. The van der Waals surface area contributed by atoms with Gasteiger partial charge in [0.15, 0.2) is 5.82 Å². The van der Waals surface area contributed by atoms with Crippen LogP contribution >= 0.6 is 0 Å². The molecule has 0 N–H and O–H groups in total. The third-order valence-electron chi connectivity index (χ3n) is 5.31. The summed E-state index contributed by atoms with van der Waals surface area (Å²) < 4.78 is 18.0. The monoisotopic (exact) mass is 382 g/mol. The van der Waals surface area contributed by atoms with Gasteiger partial charge in [0.05, 0.1) is 18.4 Å². The van der Waals surface area contributed by atoms with Crippen LogP contribution in [0.3, 0.4) is 0 Å². The smallest absolute Gasteiger partial charge is 0.256 e. The first-order valence-corrected chi connectivity index (χ1v) is 9.59. The maximum Gasteiger partial charge on any atom is 0.256 e. The van der Waals surface area contributed by atoms with E-state index in [9.17, 15) is 9.18 Å². The topological polar surface area (TPSA) is 68.8 Å². The number of likely N-dealkylation sites (tertiary alicyclic amines) is 1. The molecule has 0 saturated carbocycles. The Morgan fingerprint density at radius 1 is 1.21 bits per heavy atom. The minimum Gasteiger partial charge on any atom is -0.339 e. The van der Waals surface area contributed by atoms with Gasteiger partial charge in [-0.05, 0) is 31.9 Å². The van der Waals surface area contributed by atoms with Gasteiger partial charge in [-0.3, -0.25) is 4.79 Å². The number of hydrogen-bond donors (Lipinski definition) is 0. The van der Waals surface area contributed by atoms with Crippen LogP contribution in [0.5, 0.6) is 0 Å². The Morgan fingerprint density at radius 2 is 2.00 bits per heavy atom. The molecule has 1 fully saturated rings. The molecule has 0 spiro atoms. The molecular formula is C20H23FN6O. The van der Waals surface area contributed by atoms with Gasteiger partial charge in [0.2, 0.25) is 0 Å². The summed E-state index contributed by atoms with van der Waals surface area (Å²) in [5.41, 5.74) is 0.139. The maximum absolute atomic E-state index is 13.9. The third-order valence-corrected chi connectivity index (χ3v) is 5.31. The zero-order valence-corrected chi connectivity index (χ0v) is 15.8. The van der Waals surface area contributed by atoms with Crippen molar-refractivity contribution in [3.05, 3.63) is 66.0 Å². The van der Waals surface area contributed by atoms with E-state index in [1.807, 2.05) is 10.8 Å². The molecule has 3 heterocycles. The Kier molecular flexibility index (Phi) is 5.18. The van der Waals surface area contributed by atoms with Crippen LogP contribution in [0.1, 0.15) is 47.7 Å².